The summed E-state index contributed by atoms with van der Waals surface area (Å²) in [6.07, 6.45) is 0. The van der Waals surface area contributed by atoms with Crippen molar-refractivity contribution in [3.8, 4) is 5.75 Å². The van der Waals surface area contributed by atoms with Crippen molar-refractivity contribution in [2.24, 2.45) is 4.99 Å². The molecule has 0 amide bonds. The van der Waals surface area contributed by atoms with Gasteiger partial charge in [0.05, 0.1) is 7.11 Å². The maximum absolute atomic E-state index is 13.3. The van der Waals surface area contributed by atoms with Crippen LogP contribution >= 0.6 is 24.0 Å². The van der Waals surface area contributed by atoms with Gasteiger partial charge in [-0.3, -0.25) is 4.99 Å². The first kappa shape index (κ1) is 22.2. The third kappa shape index (κ3) is 6.16. The van der Waals surface area contributed by atoms with Crippen LogP contribution in [-0.4, -0.2) is 26.7 Å². The molecule has 1 atom stereocenters. The van der Waals surface area contributed by atoms with Crippen molar-refractivity contribution in [2.45, 2.75) is 26.3 Å². The van der Waals surface area contributed by atoms with Gasteiger partial charge in [0.25, 0.3) is 0 Å². The second kappa shape index (κ2) is 11.0. The van der Waals surface area contributed by atoms with Crippen LogP contribution in [0.25, 0.3) is 0 Å². The summed E-state index contributed by atoms with van der Waals surface area (Å²) in [6.45, 7) is 5.22. The van der Waals surface area contributed by atoms with Crippen LogP contribution in [0.3, 0.4) is 0 Å². The Labute approximate surface area is 172 Å². The molecule has 0 aliphatic heterocycles. The predicted octanol–water partition coefficient (Wildman–Crippen LogP) is 4.23. The maximum Gasteiger partial charge on any atom is 0.191 e. The van der Waals surface area contributed by atoms with Crippen molar-refractivity contribution in [1.82, 2.24) is 10.6 Å². The standard InChI is InChI=1S/C20H26FN3O.HI/c1-14-11-16(9-10-18(14)21)13-24-20(22-3)23-12-15(2)17-7-5-6-8-19(17)25-4;/h5-11,15H,12-13H2,1-4H3,(H2,22,23,24);1H. The van der Waals surface area contributed by atoms with Gasteiger partial charge in [-0.15, -0.1) is 24.0 Å². The lowest BCUT2D eigenvalue weighted by atomic mass is 10.0. The molecule has 0 saturated heterocycles. The van der Waals surface area contributed by atoms with E-state index in [1.54, 1.807) is 27.1 Å². The van der Waals surface area contributed by atoms with Gasteiger partial charge in [0.15, 0.2) is 5.96 Å². The molecular formula is C20H27FIN3O. The summed E-state index contributed by atoms with van der Waals surface area (Å²) < 4.78 is 18.8. The monoisotopic (exact) mass is 471 g/mol. The molecule has 26 heavy (non-hydrogen) atoms. The van der Waals surface area contributed by atoms with Gasteiger partial charge in [-0.2, -0.15) is 0 Å². The van der Waals surface area contributed by atoms with Crippen LogP contribution in [0.5, 0.6) is 5.75 Å². The molecule has 2 aromatic rings. The molecule has 0 aliphatic carbocycles. The van der Waals surface area contributed by atoms with E-state index < -0.39 is 0 Å². The molecule has 2 aromatic carbocycles. The minimum absolute atomic E-state index is 0. The molecule has 0 fully saturated rings. The fourth-order valence-electron chi connectivity index (χ4n) is 2.66. The number of guanidine groups is 1. The number of nitrogens with zero attached hydrogens (tertiary/aromatic N) is 1. The molecule has 0 radical (unpaired) electrons. The quantitative estimate of drug-likeness (QED) is 0.377. The topological polar surface area (TPSA) is 45.7 Å². The number of hydrogen-bond acceptors (Lipinski definition) is 2. The van der Waals surface area contributed by atoms with Gasteiger partial charge >= 0.3 is 0 Å². The highest BCUT2D eigenvalue weighted by molar-refractivity contribution is 14.0. The Bertz CT molecular complexity index is 737. The summed E-state index contributed by atoms with van der Waals surface area (Å²) in [5, 5.41) is 6.58. The SMILES string of the molecule is CN=C(NCc1ccc(F)c(C)c1)NCC(C)c1ccccc1OC.I. The molecule has 0 spiro atoms. The number of methoxy groups -OCH3 is 1. The van der Waals surface area contributed by atoms with E-state index in [1.807, 2.05) is 24.3 Å². The first-order chi connectivity index (χ1) is 12.0. The van der Waals surface area contributed by atoms with Crippen LogP contribution < -0.4 is 15.4 Å². The Morgan fingerprint density at radius 2 is 1.92 bits per heavy atom. The van der Waals surface area contributed by atoms with Crippen molar-refractivity contribution < 1.29 is 9.13 Å². The normalized spacial score (nSPS) is 12.1. The maximum atomic E-state index is 13.3. The van der Waals surface area contributed by atoms with E-state index in [-0.39, 0.29) is 35.7 Å². The highest BCUT2D eigenvalue weighted by Crippen LogP contribution is 2.25. The lowest BCUT2D eigenvalue weighted by Crippen LogP contribution is -2.38. The van der Waals surface area contributed by atoms with Crippen molar-refractivity contribution in [2.75, 3.05) is 20.7 Å². The Kier molecular flexibility index (Phi) is 9.40. The van der Waals surface area contributed by atoms with E-state index in [2.05, 4.69) is 28.6 Å². The van der Waals surface area contributed by atoms with Crippen LogP contribution in [0.1, 0.15) is 29.5 Å². The summed E-state index contributed by atoms with van der Waals surface area (Å²) in [5.41, 5.74) is 2.81. The Morgan fingerprint density at radius 1 is 1.19 bits per heavy atom. The zero-order valence-electron chi connectivity index (χ0n) is 15.7. The van der Waals surface area contributed by atoms with E-state index in [0.29, 0.717) is 18.1 Å². The summed E-state index contributed by atoms with van der Waals surface area (Å²) >= 11 is 0. The Hall–Kier alpha value is -1.83. The van der Waals surface area contributed by atoms with Crippen molar-refractivity contribution in [3.63, 3.8) is 0 Å². The molecule has 142 valence electrons. The summed E-state index contributed by atoms with van der Waals surface area (Å²) in [6, 6.07) is 13.1. The highest BCUT2D eigenvalue weighted by atomic mass is 127. The average Bonchev–Trinajstić information content (AvgIpc) is 2.64. The molecule has 0 aromatic heterocycles. The van der Waals surface area contributed by atoms with Crippen LogP contribution in [-0.2, 0) is 6.54 Å². The van der Waals surface area contributed by atoms with Gasteiger partial charge in [-0.1, -0.05) is 37.3 Å². The zero-order valence-corrected chi connectivity index (χ0v) is 18.0. The van der Waals surface area contributed by atoms with E-state index >= 15 is 0 Å². The number of para-hydroxylation sites is 1. The molecule has 4 nitrogen and oxygen atoms in total. The fourth-order valence-corrected chi connectivity index (χ4v) is 2.66. The summed E-state index contributed by atoms with van der Waals surface area (Å²) in [7, 11) is 3.42. The third-order valence-corrected chi connectivity index (χ3v) is 4.15. The molecule has 1 unspecified atom stereocenters. The molecule has 2 rings (SSSR count). The second-order valence-corrected chi connectivity index (χ2v) is 6.03. The molecule has 0 bridgehead atoms. The number of benzene rings is 2. The van der Waals surface area contributed by atoms with Gasteiger partial charge in [0.1, 0.15) is 11.6 Å². The van der Waals surface area contributed by atoms with Crippen molar-refractivity contribution >= 4 is 29.9 Å². The van der Waals surface area contributed by atoms with E-state index in [1.165, 1.54) is 6.07 Å². The zero-order chi connectivity index (χ0) is 18.2. The second-order valence-electron chi connectivity index (χ2n) is 6.03. The van der Waals surface area contributed by atoms with Crippen LogP contribution in [0.2, 0.25) is 0 Å². The number of hydrogen-bond donors (Lipinski definition) is 2. The number of aliphatic imine (C=N–C) groups is 1. The summed E-state index contributed by atoms with van der Waals surface area (Å²) in [5.74, 6) is 1.69. The number of nitrogens with one attached hydrogen (secondary N) is 2. The Morgan fingerprint density at radius 3 is 2.58 bits per heavy atom. The van der Waals surface area contributed by atoms with E-state index in [0.717, 1.165) is 23.4 Å². The lowest BCUT2D eigenvalue weighted by molar-refractivity contribution is 0.406. The van der Waals surface area contributed by atoms with Crippen LogP contribution in [0.4, 0.5) is 4.39 Å². The number of rotatable bonds is 6. The average molecular weight is 471 g/mol. The minimum Gasteiger partial charge on any atom is -0.496 e. The molecule has 0 saturated carbocycles. The van der Waals surface area contributed by atoms with Crippen molar-refractivity contribution in [3.05, 3.63) is 65.0 Å². The summed E-state index contributed by atoms with van der Waals surface area (Å²) in [4.78, 5) is 4.24. The van der Waals surface area contributed by atoms with Crippen molar-refractivity contribution in [1.29, 1.82) is 0 Å². The molecular weight excluding hydrogens is 444 g/mol. The van der Waals surface area contributed by atoms with Crippen LogP contribution in [0.15, 0.2) is 47.5 Å². The van der Waals surface area contributed by atoms with Crippen LogP contribution in [0, 0.1) is 12.7 Å². The first-order valence-electron chi connectivity index (χ1n) is 8.37. The molecule has 2 N–H and O–H groups in total. The first-order valence-corrected chi connectivity index (χ1v) is 8.37. The number of halogens is 2. The van der Waals surface area contributed by atoms with Gasteiger partial charge in [-0.25, -0.2) is 4.39 Å². The molecule has 6 heteroatoms. The fraction of sp³-hybridized carbons (Fsp3) is 0.350. The number of aryl methyl sites for hydroxylation is 1. The lowest BCUT2D eigenvalue weighted by Gasteiger charge is -2.18. The highest BCUT2D eigenvalue weighted by Gasteiger charge is 2.11. The smallest absolute Gasteiger partial charge is 0.191 e. The molecule has 0 heterocycles. The Balaban J connectivity index is 0.00000338. The minimum atomic E-state index is -0.183. The van der Waals surface area contributed by atoms with Gasteiger partial charge in [-0.05, 0) is 35.7 Å². The number of ether oxygens (including phenoxy) is 1. The van der Waals surface area contributed by atoms with Gasteiger partial charge < -0.3 is 15.4 Å². The van der Waals surface area contributed by atoms with Gasteiger partial charge in [0, 0.05) is 26.1 Å². The third-order valence-electron chi connectivity index (χ3n) is 4.15. The van der Waals surface area contributed by atoms with E-state index in [9.17, 15) is 4.39 Å². The molecule has 0 aliphatic rings. The largest absolute Gasteiger partial charge is 0.496 e. The van der Waals surface area contributed by atoms with E-state index in [4.69, 9.17) is 4.74 Å². The predicted molar refractivity (Wildman–Crippen MR) is 116 cm³/mol. The van der Waals surface area contributed by atoms with Gasteiger partial charge in [0.2, 0.25) is 0 Å².